The van der Waals surface area contributed by atoms with Gasteiger partial charge < -0.3 is 4.74 Å². The van der Waals surface area contributed by atoms with Crippen molar-refractivity contribution in [3.63, 3.8) is 0 Å². The standard InChI is InChI=1S/C17H10INO2S/c1-2-9-21-17(20)12-5-8-14-15(10-12)22-16(19-14)11-3-6-13(18)7-4-11/h1,3-8,10H,9H2. The molecule has 0 aliphatic heterocycles. The normalized spacial score (nSPS) is 10.4. The summed E-state index contributed by atoms with van der Waals surface area (Å²) in [7, 11) is 0. The highest BCUT2D eigenvalue weighted by Crippen LogP contribution is 2.31. The first-order valence-corrected chi connectivity index (χ1v) is 8.34. The van der Waals surface area contributed by atoms with Crippen LogP contribution in [0, 0.1) is 15.9 Å². The van der Waals surface area contributed by atoms with E-state index in [1.165, 1.54) is 3.57 Å². The Bertz CT molecular complexity index is 878. The van der Waals surface area contributed by atoms with Gasteiger partial charge in [-0.15, -0.1) is 17.8 Å². The molecular weight excluding hydrogens is 409 g/mol. The number of ether oxygens (including phenoxy) is 1. The monoisotopic (exact) mass is 419 g/mol. The zero-order valence-electron chi connectivity index (χ0n) is 11.4. The van der Waals surface area contributed by atoms with E-state index in [9.17, 15) is 4.79 Å². The van der Waals surface area contributed by atoms with Gasteiger partial charge in [0.15, 0.2) is 6.61 Å². The van der Waals surface area contributed by atoms with Crippen molar-refractivity contribution < 1.29 is 9.53 Å². The number of fused-ring (bicyclic) bond motifs is 1. The Morgan fingerprint density at radius 2 is 2.05 bits per heavy atom. The molecule has 0 spiro atoms. The average molecular weight is 419 g/mol. The summed E-state index contributed by atoms with van der Waals surface area (Å²) < 4.78 is 7.07. The number of benzene rings is 2. The number of hydrogen-bond acceptors (Lipinski definition) is 4. The number of thiazole rings is 1. The number of hydrogen-bond donors (Lipinski definition) is 0. The van der Waals surface area contributed by atoms with Gasteiger partial charge >= 0.3 is 5.97 Å². The van der Waals surface area contributed by atoms with Crippen LogP contribution in [0.15, 0.2) is 42.5 Å². The van der Waals surface area contributed by atoms with E-state index in [1.807, 2.05) is 30.3 Å². The molecule has 3 aromatic rings. The molecule has 1 heterocycles. The molecule has 0 aliphatic rings. The van der Waals surface area contributed by atoms with Gasteiger partial charge in [-0.25, -0.2) is 9.78 Å². The minimum atomic E-state index is -0.413. The van der Waals surface area contributed by atoms with Crippen LogP contribution in [-0.2, 0) is 4.74 Å². The topological polar surface area (TPSA) is 39.2 Å². The molecule has 22 heavy (non-hydrogen) atoms. The van der Waals surface area contributed by atoms with Crippen molar-refractivity contribution >= 4 is 50.1 Å². The largest absolute Gasteiger partial charge is 0.449 e. The maximum atomic E-state index is 11.8. The number of halogens is 1. The van der Waals surface area contributed by atoms with Gasteiger partial charge in [0.05, 0.1) is 15.8 Å². The molecule has 1 aromatic heterocycles. The Kier molecular flexibility index (Phi) is 4.41. The summed E-state index contributed by atoms with van der Waals surface area (Å²) in [5.41, 5.74) is 2.42. The number of terminal acetylenes is 1. The fourth-order valence-electron chi connectivity index (χ4n) is 1.96. The summed E-state index contributed by atoms with van der Waals surface area (Å²) in [6, 6.07) is 13.5. The van der Waals surface area contributed by atoms with Crippen LogP contribution in [0.3, 0.4) is 0 Å². The fraction of sp³-hybridized carbons (Fsp3) is 0.0588. The molecule has 3 nitrogen and oxygen atoms in total. The van der Waals surface area contributed by atoms with E-state index < -0.39 is 5.97 Å². The van der Waals surface area contributed by atoms with E-state index in [0.29, 0.717) is 5.56 Å². The molecule has 0 bridgehead atoms. The zero-order chi connectivity index (χ0) is 15.5. The first-order chi connectivity index (χ1) is 10.7. The van der Waals surface area contributed by atoms with Gasteiger partial charge in [-0.05, 0) is 52.9 Å². The predicted octanol–water partition coefficient (Wildman–Crippen LogP) is 4.36. The lowest BCUT2D eigenvalue weighted by atomic mass is 10.2. The fourth-order valence-corrected chi connectivity index (χ4v) is 3.33. The zero-order valence-corrected chi connectivity index (χ0v) is 14.3. The Balaban J connectivity index is 1.95. The lowest BCUT2D eigenvalue weighted by Crippen LogP contribution is -2.04. The molecule has 3 rings (SSSR count). The molecule has 0 atom stereocenters. The minimum absolute atomic E-state index is 0.0204. The number of aromatic nitrogens is 1. The van der Waals surface area contributed by atoms with Crippen molar-refractivity contribution in [1.82, 2.24) is 4.98 Å². The van der Waals surface area contributed by atoms with Crippen molar-refractivity contribution in [2.75, 3.05) is 6.61 Å². The van der Waals surface area contributed by atoms with E-state index in [0.717, 1.165) is 20.8 Å². The second-order valence-corrected chi connectivity index (χ2v) is 6.76. The van der Waals surface area contributed by atoms with Gasteiger partial charge in [0.1, 0.15) is 5.01 Å². The van der Waals surface area contributed by atoms with Crippen LogP contribution in [0.1, 0.15) is 10.4 Å². The Morgan fingerprint density at radius 1 is 1.27 bits per heavy atom. The van der Waals surface area contributed by atoms with Crippen molar-refractivity contribution in [1.29, 1.82) is 0 Å². The lowest BCUT2D eigenvalue weighted by molar-refractivity contribution is 0.0557. The smallest absolute Gasteiger partial charge is 0.339 e. The molecule has 0 radical (unpaired) electrons. The number of carbonyl (C=O) groups excluding carboxylic acids is 1. The van der Waals surface area contributed by atoms with Crippen LogP contribution >= 0.6 is 33.9 Å². The molecule has 0 saturated carbocycles. The molecular formula is C17H10INO2S. The van der Waals surface area contributed by atoms with E-state index in [-0.39, 0.29) is 6.61 Å². The van der Waals surface area contributed by atoms with Crippen LogP contribution in [0.5, 0.6) is 0 Å². The number of rotatable bonds is 3. The van der Waals surface area contributed by atoms with Crippen molar-refractivity contribution in [2.24, 2.45) is 0 Å². The van der Waals surface area contributed by atoms with Gasteiger partial charge in [-0.2, -0.15) is 0 Å². The molecule has 0 fully saturated rings. The van der Waals surface area contributed by atoms with Crippen LogP contribution in [0.2, 0.25) is 0 Å². The van der Waals surface area contributed by atoms with Crippen LogP contribution in [0.25, 0.3) is 20.8 Å². The highest BCUT2D eigenvalue weighted by Gasteiger charge is 2.11. The van der Waals surface area contributed by atoms with E-state index in [1.54, 1.807) is 23.5 Å². The molecule has 0 amide bonds. The first kappa shape index (κ1) is 15.0. The third kappa shape index (κ3) is 3.13. The first-order valence-electron chi connectivity index (χ1n) is 6.44. The summed E-state index contributed by atoms with van der Waals surface area (Å²) in [5.74, 6) is 1.87. The van der Waals surface area contributed by atoms with Gasteiger partial charge in [0.2, 0.25) is 0 Å². The van der Waals surface area contributed by atoms with E-state index >= 15 is 0 Å². The van der Waals surface area contributed by atoms with Gasteiger partial charge in [0.25, 0.3) is 0 Å². The number of carbonyl (C=O) groups is 1. The Labute approximate surface area is 145 Å². The molecule has 0 saturated heterocycles. The highest BCUT2D eigenvalue weighted by molar-refractivity contribution is 14.1. The lowest BCUT2D eigenvalue weighted by Gasteiger charge is -2.00. The van der Waals surface area contributed by atoms with Crippen LogP contribution < -0.4 is 0 Å². The Hall–Kier alpha value is -1.91. The molecule has 0 aliphatic carbocycles. The summed E-state index contributed by atoms with van der Waals surface area (Å²) in [6.45, 7) is -0.0204. The molecule has 0 N–H and O–H groups in total. The average Bonchev–Trinajstić information content (AvgIpc) is 2.96. The summed E-state index contributed by atoms with van der Waals surface area (Å²) in [4.78, 5) is 16.4. The third-order valence-electron chi connectivity index (χ3n) is 3.00. The van der Waals surface area contributed by atoms with E-state index in [2.05, 4.69) is 33.5 Å². The maximum Gasteiger partial charge on any atom is 0.339 e. The van der Waals surface area contributed by atoms with Crippen molar-refractivity contribution in [2.45, 2.75) is 0 Å². The maximum absolute atomic E-state index is 11.8. The van der Waals surface area contributed by atoms with Gasteiger partial charge in [0, 0.05) is 9.13 Å². The molecule has 5 heteroatoms. The highest BCUT2D eigenvalue weighted by atomic mass is 127. The Morgan fingerprint density at radius 3 is 2.77 bits per heavy atom. The molecule has 0 unspecified atom stereocenters. The molecule has 2 aromatic carbocycles. The second kappa shape index (κ2) is 6.46. The summed E-state index contributed by atoms with van der Waals surface area (Å²) in [5, 5.41) is 0.931. The minimum Gasteiger partial charge on any atom is -0.449 e. The summed E-state index contributed by atoms with van der Waals surface area (Å²) >= 11 is 3.82. The van der Waals surface area contributed by atoms with Crippen molar-refractivity contribution in [3.05, 3.63) is 51.6 Å². The summed E-state index contributed by atoms with van der Waals surface area (Å²) in [6.07, 6.45) is 5.09. The van der Waals surface area contributed by atoms with Crippen LogP contribution in [0.4, 0.5) is 0 Å². The van der Waals surface area contributed by atoms with Crippen molar-refractivity contribution in [3.8, 4) is 22.9 Å². The van der Waals surface area contributed by atoms with Gasteiger partial charge in [-0.1, -0.05) is 18.1 Å². The third-order valence-corrected chi connectivity index (χ3v) is 4.79. The number of nitrogens with zero attached hydrogens (tertiary/aromatic N) is 1. The van der Waals surface area contributed by atoms with Gasteiger partial charge in [-0.3, -0.25) is 0 Å². The number of esters is 1. The SMILES string of the molecule is C#CCOC(=O)c1ccc2nc(-c3ccc(I)cc3)sc2c1. The van der Waals surface area contributed by atoms with E-state index in [4.69, 9.17) is 11.2 Å². The molecule has 108 valence electrons. The van der Waals surface area contributed by atoms with Crippen LogP contribution in [-0.4, -0.2) is 17.6 Å². The predicted molar refractivity (Wildman–Crippen MR) is 96.9 cm³/mol. The second-order valence-electron chi connectivity index (χ2n) is 4.49. The quantitative estimate of drug-likeness (QED) is 0.360.